The highest BCUT2D eigenvalue weighted by Crippen LogP contribution is 2.17. The fourth-order valence-electron chi connectivity index (χ4n) is 2.36. The molecule has 1 atom stereocenters. The van der Waals surface area contributed by atoms with Gasteiger partial charge in [-0.05, 0) is 24.1 Å². The number of piperazine rings is 1. The van der Waals surface area contributed by atoms with Crippen molar-refractivity contribution in [3.05, 3.63) is 29.8 Å². The van der Waals surface area contributed by atoms with E-state index < -0.39 is 18.2 Å². The molecule has 0 unspecified atom stereocenters. The van der Waals surface area contributed by atoms with Crippen LogP contribution in [0.15, 0.2) is 24.3 Å². The number of hydrogen-bond donors (Lipinski definition) is 3. The van der Waals surface area contributed by atoms with Crippen molar-refractivity contribution >= 4 is 12.2 Å². The molecule has 0 bridgehead atoms. The van der Waals surface area contributed by atoms with Crippen LogP contribution in [0.1, 0.15) is 5.56 Å². The van der Waals surface area contributed by atoms with Gasteiger partial charge in [-0.15, -0.1) is 0 Å². The number of benzene rings is 1. The van der Waals surface area contributed by atoms with Crippen LogP contribution in [0, 0.1) is 0 Å². The van der Waals surface area contributed by atoms with Crippen LogP contribution in [0.3, 0.4) is 0 Å². The van der Waals surface area contributed by atoms with E-state index in [1.54, 1.807) is 12.1 Å². The van der Waals surface area contributed by atoms with Gasteiger partial charge in [-0.3, -0.25) is 0 Å². The number of hydrogen-bond acceptors (Lipinski definition) is 3. The first-order valence-corrected chi connectivity index (χ1v) is 6.22. The van der Waals surface area contributed by atoms with Crippen LogP contribution < -0.4 is 0 Å². The van der Waals surface area contributed by atoms with E-state index in [0.717, 1.165) is 5.56 Å². The minimum atomic E-state index is -1.04. The molecule has 1 heterocycles. The molecule has 2 amide bonds. The lowest BCUT2D eigenvalue weighted by atomic mass is 10.0. The zero-order chi connectivity index (χ0) is 14.7. The Morgan fingerprint density at radius 1 is 1.10 bits per heavy atom. The van der Waals surface area contributed by atoms with Gasteiger partial charge < -0.3 is 25.1 Å². The Bertz CT molecular complexity index is 502. The summed E-state index contributed by atoms with van der Waals surface area (Å²) >= 11 is 0. The number of aromatic hydroxyl groups is 1. The average Bonchev–Trinajstić information content (AvgIpc) is 2.41. The standard InChI is InChI=1S/C13H16N2O5/c16-11-3-1-9(2-4-11)7-10-8-14(12(17)18)5-6-15(10)13(19)20/h1-4,10,16H,5-8H2,(H,17,18)(H,19,20)/t10-/m1/s1. The van der Waals surface area contributed by atoms with Gasteiger partial charge in [-0.25, -0.2) is 9.59 Å². The lowest BCUT2D eigenvalue weighted by Gasteiger charge is -2.38. The van der Waals surface area contributed by atoms with E-state index in [1.165, 1.54) is 21.9 Å². The molecule has 7 nitrogen and oxygen atoms in total. The molecule has 0 aliphatic carbocycles. The third-order valence-corrected chi connectivity index (χ3v) is 3.41. The zero-order valence-corrected chi connectivity index (χ0v) is 10.8. The highest BCUT2D eigenvalue weighted by atomic mass is 16.4. The molecule has 1 fully saturated rings. The fraction of sp³-hybridized carbons (Fsp3) is 0.385. The third kappa shape index (κ3) is 3.11. The molecule has 1 aromatic rings. The van der Waals surface area contributed by atoms with Gasteiger partial charge in [0.2, 0.25) is 0 Å². The van der Waals surface area contributed by atoms with Gasteiger partial charge in [0.15, 0.2) is 0 Å². The first-order chi connectivity index (χ1) is 9.47. The predicted molar refractivity (Wildman–Crippen MR) is 69.9 cm³/mol. The van der Waals surface area contributed by atoms with Gasteiger partial charge in [0.1, 0.15) is 5.75 Å². The van der Waals surface area contributed by atoms with E-state index in [-0.39, 0.29) is 25.4 Å². The second kappa shape index (κ2) is 5.68. The van der Waals surface area contributed by atoms with Crippen molar-refractivity contribution in [1.82, 2.24) is 9.80 Å². The van der Waals surface area contributed by atoms with E-state index in [2.05, 4.69) is 0 Å². The largest absolute Gasteiger partial charge is 0.508 e. The molecule has 1 saturated heterocycles. The van der Waals surface area contributed by atoms with Crippen molar-refractivity contribution in [2.24, 2.45) is 0 Å². The van der Waals surface area contributed by atoms with Crippen LogP contribution in [0.5, 0.6) is 5.75 Å². The Hall–Kier alpha value is -2.44. The minimum absolute atomic E-state index is 0.139. The highest BCUT2D eigenvalue weighted by molar-refractivity contribution is 5.68. The molecule has 0 spiro atoms. The maximum Gasteiger partial charge on any atom is 0.407 e. The van der Waals surface area contributed by atoms with E-state index in [1.807, 2.05) is 0 Å². The third-order valence-electron chi connectivity index (χ3n) is 3.41. The van der Waals surface area contributed by atoms with E-state index in [0.29, 0.717) is 6.42 Å². The molecule has 1 aliphatic heterocycles. The fourth-order valence-corrected chi connectivity index (χ4v) is 2.36. The number of amides is 2. The number of rotatable bonds is 2. The van der Waals surface area contributed by atoms with Gasteiger partial charge in [0.25, 0.3) is 0 Å². The van der Waals surface area contributed by atoms with E-state index >= 15 is 0 Å². The molecular formula is C13H16N2O5. The summed E-state index contributed by atoms with van der Waals surface area (Å²) in [4.78, 5) is 24.7. The predicted octanol–water partition coefficient (Wildman–Crippen LogP) is 1.28. The van der Waals surface area contributed by atoms with E-state index in [9.17, 15) is 19.8 Å². The molecule has 3 N–H and O–H groups in total. The average molecular weight is 280 g/mol. The number of phenolic OH excluding ortho intramolecular Hbond substituents is 1. The molecule has 108 valence electrons. The van der Waals surface area contributed by atoms with Crippen molar-refractivity contribution in [2.45, 2.75) is 12.5 Å². The molecule has 20 heavy (non-hydrogen) atoms. The number of carboxylic acid groups (broad SMARTS) is 2. The second-order valence-electron chi connectivity index (χ2n) is 4.73. The van der Waals surface area contributed by atoms with Crippen molar-refractivity contribution in [3.8, 4) is 5.75 Å². The molecule has 7 heteroatoms. The Balaban J connectivity index is 2.12. The van der Waals surface area contributed by atoms with Crippen molar-refractivity contribution in [3.63, 3.8) is 0 Å². The lowest BCUT2D eigenvalue weighted by molar-refractivity contribution is 0.0639. The summed E-state index contributed by atoms with van der Waals surface area (Å²) in [6, 6.07) is 6.04. The summed E-state index contributed by atoms with van der Waals surface area (Å²) in [5.41, 5.74) is 0.853. The molecule has 1 aliphatic rings. The van der Waals surface area contributed by atoms with Crippen molar-refractivity contribution < 1.29 is 24.9 Å². The minimum Gasteiger partial charge on any atom is -0.508 e. The smallest absolute Gasteiger partial charge is 0.407 e. The maximum atomic E-state index is 11.2. The Kier molecular flexibility index (Phi) is 3.97. The second-order valence-corrected chi connectivity index (χ2v) is 4.73. The van der Waals surface area contributed by atoms with E-state index in [4.69, 9.17) is 5.11 Å². The van der Waals surface area contributed by atoms with Crippen LogP contribution in [-0.2, 0) is 6.42 Å². The number of phenols is 1. The van der Waals surface area contributed by atoms with Crippen LogP contribution in [-0.4, -0.2) is 63.0 Å². The number of carbonyl (C=O) groups is 2. The van der Waals surface area contributed by atoms with Gasteiger partial charge in [0, 0.05) is 19.6 Å². The Labute approximate surface area is 115 Å². The van der Waals surface area contributed by atoms with Crippen LogP contribution >= 0.6 is 0 Å². The summed E-state index contributed by atoms with van der Waals surface area (Å²) in [5, 5.41) is 27.4. The molecule has 0 radical (unpaired) electrons. The van der Waals surface area contributed by atoms with Crippen LogP contribution in [0.4, 0.5) is 9.59 Å². The van der Waals surface area contributed by atoms with Gasteiger partial charge >= 0.3 is 12.2 Å². The summed E-state index contributed by atoms with van der Waals surface area (Å²) in [6.07, 6.45) is -1.67. The summed E-state index contributed by atoms with van der Waals surface area (Å²) in [5.74, 6) is 0.139. The lowest BCUT2D eigenvalue weighted by Crippen LogP contribution is -2.56. The summed E-state index contributed by atoms with van der Waals surface area (Å²) in [6.45, 7) is 0.514. The van der Waals surface area contributed by atoms with Gasteiger partial charge in [-0.2, -0.15) is 0 Å². The normalized spacial score (nSPS) is 18.9. The zero-order valence-electron chi connectivity index (χ0n) is 10.8. The van der Waals surface area contributed by atoms with Crippen LogP contribution in [0.25, 0.3) is 0 Å². The quantitative estimate of drug-likeness (QED) is 0.757. The van der Waals surface area contributed by atoms with Gasteiger partial charge in [-0.1, -0.05) is 12.1 Å². The summed E-state index contributed by atoms with van der Waals surface area (Å²) in [7, 11) is 0. The van der Waals surface area contributed by atoms with Crippen LogP contribution in [0.2, 0.25) is 0 Å². The highest BCUT2D eigenvalue weighted by Gasteiger charge is 2.32. The first kappa shape index (κ1) is 14.0. The Morgan fingerprint density at radius 3 is 2.30 bits per heavy atom. The molecular weight excluding hydrogens is 264 g/mol. The molecule has 1 aromatic carbocycles. The van der Waals surface area contributed by atoms with Crippen molar-refractivity contribution in [1.29, 1.82) is 0 Å². The molecule has 0 aromatic heterocycles. The monoisotopic (exact) mass is 280 g/mol. The molecule has 0 saturated carbocycles. The number of nitrogens with zero attached hydrogens (tertiary/aromatic N) is 2. The first-order valence-electron chi connectivity index (χ1n) is 6.22. The maximum absolute atomic E-state index is 11.2. The van der Waals surface area contributed by atoms with Crippen molar-refractivity contribution in [2.75, 3.05) is 19.6 Å². The summed E-state index contributed by atoms with van der Waals surface area (Å²) < 4.78 is 0. The SMILES string of the molecule is O=C(O)N1CCN(C(=O)O)[C@H](Cc2ccc(O)cc2)C1. The molecule has 2 rings (SSSR count). The topological polar surface area (TPSA) is 101 Å². The Morgan fingerprint density at radius 2 is 1.75 bits per heavy atom. The van der Waals surface area contributed by atoms with Gasteiger partial charge in [0.05, 0.1) is 6.04 Å².